The third-order valence-corrected chi connectivity index (χ3v) is 4.90. The predicted octanol–water partition coefficient (Wildman–Crippen LogP) is 5.66. The third kappa shape index (κ3) is 3.04. The Morgan fingerprint density at radius 2 is 1.78 bits per heavy atom. The van der Waals surface area contributed by atoms with Crippen molar-refractivity contribution in [3.05, 3.63) is 53.0 Å². The number of carbonyl (C=O) groups is 1. The average Bonchev–Trinajstić information content (AvgIpc) is 3.07. The molecule has 2 aromatic heterocycles. The van der Waals surface area contributed by atoms with E-state index in [-0.39, 0.29) is 11.9 Å². The number of fused-ring (bicyclic) bond motifs is 1. The third-order valence-electron chi connectivity index (χ3n) is 4.04. The van der Waals surface area contributed by atoms with Gasteiger partial charge in [-0.3, -0.25) is 4.79 Å². The van der Waals surface area contributed by atoms with E-state index in [0.717, 1.165) is 21.6 Å². The summed E-state index contributed by atoms with van der Waals surface area (Å²) in [5.41, 5.74) is 3.95. The van der Waals surface area contributed by atoms with Crippen LogP contribution in [0.4, 0.5) is 5.69 Å². The van der Waals surface area contributed by atoms with E-state index >= 15 is 0 Å². The molecule has 0 fully saturated rings. The lowest BCUT2D eigenvalue weighted by Crippen LogP contribution is -2.18. The molecule has 0 aliphatic rings. The summed E-state index contributed by atoms with van der Waals surface area (Å²) >= 11 is 1.67. The molecule has 4 heteroatoms. The number of carbonyl (C=O) groups excluding carboxylic acids is 1. The van der Waals surface area contributed by atoms with Gasteiger partial charge in [-0.2, -0.15) is 0 Å². The van der Waals surface area contributed by atoms with Crippen LogP contribution in [-0.2, 0) is 0 Å². The Morgan fingerprint density at radius 1 is 1.09 bits per heavy atom. The van der Waals surface area contributed by atoms with Gasteiger partial charge >= 0.3 is 0 Å². The molecule has 0 aliphatic carbocycles. The van der Waals surface area contributed by atoms with E-state index in [1.54, 1.807) is 11.3 Å². The Balaban J connectivity index is 1.88. The van der Waals surface area contributed by atoms with Gasteiger partial charge in [-0.05, 0) is 55.0 Å². The Hall–Kier alpha value is -2.07. The van der Waals surface area contributed by atoms with Gasteiger partial charge in [0.05, 0.1) is 10.2 Å². The van der Waals surface area contributed by atoms with Crippen molar-refractivity contribution < 1.29 is 4.79 Å². The molecule has 2 heterocycles. The molecule has 3 aromatic rings. The highest BCUT2D eigenvalue weighted by Gasteiger charge is 2.18. The minimum absolute atomic E-state index is 0.0561. The number of benzene rings is 1. The summed E-state index contributed by atoms with van der Waals surface area (Å²) in [7, 11) is 0. The summed E-state index contributed by atoms with van der Waals surface area (Å²) in [5.74, 6) is 0.434. The van der Waals surface area contributed by atoms with Crippen LogP contribution < -0.4 is 5.32 Å². The quantitative estimate of drug-likeness (QED) is 0.659. The van der Waals surface area contributed by atoms with E-state index in [2.05, 4.69) is 61.2 Å². The zero-order chi connectivity index (χ0) is 16.6. The lowest BCUT2D eigenvalue weighted by atomic mass is 10.0. The maximum absolute atomic E-state index is 12.7. The van der Waals surface area contributed by atoms with E-state index in [1.165, 1.54) is 5.56 Å². The van der Waals surface area contributed by atoms with Gasteiger partial charge in [0.2, 0.25) is 0 Å². The van der Waals surface area contributed by atoms with Crippen molar-refractivity contribution in [2.45, 2.75) is 39.7 Å². The van der Waals surface area contributed by atoms with E-state index in [0.29, 0.717) is 5.92 Å². The molecule has 23 heavy (non-hydrogen) atoms. The molecule has 3 rings (SSSR count). The Kier molecular flexibility index (Phi) is 4.26. The molecule has 0 atom stereocenters. The van der Waals surface area contributed by atoms with Gasteiger partial charge in [0.15, 0.2) is 0 Å². The highest BCUT2D eigenvalue weighted by molar-refractivity contribution is 7.17. The second kappa shape index (κ2) is 6.20. The van der Waals surface area contributed by atoms with Crippen molar-refractivity contribution in [3.8, 4) is 0 Å². The lowest BCUT2D eigenvalue weighted by Gasteiger charge is -2.14. The fourth-order valence-corrected chi connectivity index (χ4v) is 3.63. The van der Waals surface area contributed by atoms with Crippen molar-refractivity contribution in [1.82, 2.24) is 4.57 Å². The van der Waals surface area contributed by atoms with Crippen LogP contribution in [0.1, 0.15) is 55.7 Å². The van der Waals surface area contributed by atoms with Crippen molar-refractivity contribution in [1.29, 1.82) is 0 Å². The van der Waals surface area contributed by atoms with Crippen molar-refractivity contribution in [2.75, 3.05) is 5.32 Å². The van der Waals surface area contributed by atoms with Gasteiger partial charge in [0.25, 0.3) is 5.91 Å². The average molecular weight is 326 g/mol. The number of rotatable bonds is 4. The Bertz CT molecular complexity index is 825. The molecule has 0 unspecified atom stereocenters. The maximum atomic E-state index is 12.7. The normalized spacial score (nSPS) is 11.6. The smallest absolute Gasteiger partial charge is 0.272 e. The van der Waals surface area contributed by atoms with Crippen LogP contribution in [0.15, 0.2) is 41.8 Å². The maximum Gasteiger partial charge on any atom is 0.272 e. The number of thiophene rings is 1. The highest BCUT2D eigenvalue weighted by Crippen LogP contribution is 2.29. The number of anilines is 1. The topological polar surface area (TPSA) is 34.0 Å². The van der Waals surface area contributed by atoms with Crippen LogP contribution in [0, 0.1) is 0 Å². The van der Waals surface area contributed by atoms with E-state index < -0.39 is 0 Å². The molecule has 0 spiro atoms. The number of nitrogens with zero attached hydrogens (tertiary/aromatic N) is 1. The van der Waals surface area contributed by atoms with E-state index in [4.69, 9.17) is 0 Å². The molecular formula is C19H22N2OS. The summed E-state index contributed by atoms with van der Waals surface area (Å²) in [6.45, 7) is 8.53. The fraction of sp³-hybridized carbons (Fsp3) is 0.316. The SMILES string of the molecule is CC(C)c1ccc(NC(=O)c2cc3sccc3n2C(C)C)cc1. The van der Waals surface area contributed by atoms with Crippen molar-refractivity contribution >= 4 is 33.1 Å². The Labute approximate surface area is 140 Å². The van der Waals surface area contributed by atoms with Gasteiger partial charge < -0.3 is 9.88 Å². The largest absolute Gasteiger partial charge is 0.333 e. The van der Waals surface area contributed by atoms with Crippen molar-refractivity contribution in [2.24, 2.45) is 0 Å². The van der Waals surface area contributed by atoms with E-state index in [1.807, 2.05) is 18.2 Å². The van der Waals surface area contributed by atoms with Crippen LogP contribution in [-0.4, -0.2) is 10.5 Å². The van der Waals surface area contributed by atoms with Crippen LogP contribution >= 0.6 is 11.3 Å². The summed E-state index contributed by atoms with van der Waals surface area (Å²) in [6, 6.07) is 12.4. The summed E-state index contributed by atoms with van der Waals surface area (Å²) in [5, 5.41) is 5.08. The molecule has 1 amide bonds. The summed E-state index contributed by atoms with van der Waals surface area (Å²) < 4.78 is 3.25. The molecular weight excluding hydrogens is 304 g/mol. The molecule has 120 valence electrons. The molecule has 0 bridgehead atoms. The molecule has 0 saturated heterocycles. The lowest BCUT2D eigenvalue weighted by molar-refractivity contribution is 0.101. The fourth-order valence-electron chi connectivity index (χ4n) is 2.82. The molecule has 1 N–H and O–H groups in total. The number of amides is 1. The second-order valence-electron chi connectivity index (χ2n) is 6.39. The standard InChI is InChI=1S/C19H22N2OS/c1-12(2)14-5-7-15(8-6-14)20-19(22)17-11-18-16(9-10-23-18)21(17)13(3)4/h5-13H,1-4H3,(H,20,22). The first-order valence-corrected chi connectivity index (χ1v) is 8.85. The minimum Gasteiger partial charge on any atom is -0.333 e. The highest BCUT2D eigenvalue weighted by atomic mass is 32.1. The van der Waals surface area contributed by atoms with E-state index in [9.17, 15) is 4.79 Å². The number of hydrogen-bond acceptors (Lipinski definition) is 2. The Morgan fingerprint density at radius 3 is 2.39 bits per heavy atom. The number of aromatic nitrogens is 1. The summed E-state index contributed by atoms with van der Waals surface area (Å²) in [4.78, 5) is 12.7. The molecule has 3 nitrogen and oxygen atoms in total. The van der Waals surface area contributed by atoms with Gasteiger partial charge in [-0.25, -0.2) is 0 Å². The molecule has 0 aliphatic heterocycles. The molecule has 0 saturated carbocycles. The first kappa shape index (κ1) is 15.8. The monoisotopic (exact) mass is 326 g/mol. The van der Waals surface area contributed by atoms with Crippen molar-refractivity contribution in [3.63, 3.8) is 0 Å². The predicted molar refractivity (Wildman–Crippen MR) is 98.7 cm³/mol. The van der Waals surface area contributed by atoms with Crippen LogP contribution in [0.5, 0.6) is 0 Å². The van der Waals surface area contributed by atoms with Crippen LogP contribution in [0.3, 0.4) is 0 Å². The zero-order valence-corrected chi connectivity index (χ0v) is 14.8. The second-order valence-corrected chi connectivity index (χ2v) is 7.34. The number of hydrogen-bond donors (Lipinski definition) is 1. The van der Waals surface area contributed by atoms with Gasteiger partial charge in [-0.15, -0.1) is 11.3 Å². The van der Waals surface area contributed by atoms with Crippen LogP contribution in [0.2, 0.25) is 0 Å². The van der Waals surface area contributed by atoms with Crippen LogP contribution in [0.25, 0.3) is 10.2 Å². The summed E-state index contributed by atoms with van der Waals surface area (Å²) in [6.07, 6.45) is 0. The van der Waals surface area contributed by atoms with Gasteiger partial charge in [-0.1, -0.05) is 26.0 Å². The first-order chi connectivity index (χ1) is 11.0. The minimum atomic E-state index is -0.0561. The molecule has 0 radical (unpaired) electrons. The van der Waals surface area contributed by atoms with Gasteiger partial charge in [0, 0.05) is 11.7 Å². The number of nitrogens with one attached hydrogen (secondary N) is 1. The van der Waals surface area contributed by atoms with Gasteiger partial charge in [0.1, 0.15) is 5.69 Å². The zero-order valence-electron chi connectivity index (χ0n) is 14.0. The first-order valence-electron chi connectivity index (χ1n) is 7.97. The molecule has 1 aromatic carbocycles.